The number of fused-ring (bicyclic) bond motifs is 1. The van der Waals surface area contributed by atoms with Gasteiger partial charge < -0.3 is 9.47 Å². The molecule has 1 aliphatic heterocycles. The number of benzene rings is 1. The highest BCUT2D eigenvalue weighted by Crippen LogP contribution is 2.42. The van der Waals surface area contributed by atoms with Gasteiger partial charge in [0.1, 0.15) is 11.5 Å². The minimum absolute atomic E-state index is 0.128. The maximum Gasteiger partial charge on any atom is 0.127 e. The van der Waals surface area contributed by atoms with Gasteiger partial charge in [-0.15, -0.1) is 0 Å². The van der Waals surface area contributed by atoms with E-state index in [4.69, 9.17) is 9.47 Å². The van der Waals surface area contributed by atoms with E-state index in [1.165, 1.54) is 31.2 Å². The molecule has 0 amide bonds. The highest BCUT2D eigenvalue weighted by Gasteiger charge is 2.30. The van der Waals surface area contributed by atoms with Crippen molar-refractivity contribution in [1.29, 1.82) is 0 Å². The molecule has 1 unspecified atom stereocenters. The number of unbranched alkanes of at least 4 members (excludes halogenated alkanes) is 1. The number of allylic oxidation sites excluding steroid dienone is 1. The van der Waals surface area contributed by atoms with Crippen LogP contribution in [-0.2, 0) is 5.41 Å². The van der Waals surface area contributed by atoms with Crippen molar-refractivity contribution >= 4 is 6.08 Å². The predicted octanol–water partition coefficient (Wildman–Crippen LogP) is 7.79. The first kappa shape index (κ1) is 22.8. The molecule has 2 rings (SSSR count). The fourth-order valence-corrected chi connectivity index (χ4v) is 3.57. The van der Waals surface area contributed by atoms with E-state index in [0.717, 1.165) is 43.1 Å². The average Bonchev–Trinajstić information content (AvgIpc) is 2.66. The van der Waals surface area contributed by atoms with E-state index in [-0.39, 0.29) is 10.8 Å². The van der Waals surface area contributed by atoms with Crippen molar-refractivity contribution in [2.75, 3.05) is 13.2 Å². The molecule has 1 aliphatic rings. The lowest BCUT2D eigenvalue weighted by Crippen LogP contribution is -2.27. The second-order valence-corrected chi connectivity index (χ2v) is 9.77. The maximum absolute atomic E-state index is 6.44. The molecule has 0 radical (unpaired) electrons. The molecule has 1 aromatic rings. The second-order valence-electron chi connectivity index (χ2n) is 9.77. The lowest BCUT2D eigenvalue weighted by molar-refractivity contribution is 0.222. The smallest absolute Gasteiger partial charge is 0.127 e. The van der Waals surface area contributed by atoms with Crippen LogP contribution in [0.3, 0.4) is 0 Å². The average molecular weight is 387 g/mol. The van der Waals surface area contributed by atoms with Gasteiger partial charge in [-0.1, -0.05) is 79.9 Å². The molecule has 158 valence electrons. The summed E-state index contributed by atoms with van der Waals surface area (Å²) in [5.41, 5.74) is 2.73. The van der Waals surface area contributed by atoms with Crippen LogP contribution in [0.4, 0.5) is 0 Å². The van der Waals surface area contributed by atoms with Gasteiger partial charge in [-0.2, -0.15) is 0 Å². The van der Waals surface area contributed by atoms with Crippen molar-refractivity contribution in [3.8, 4) is 11.5 Å². The molecule has 1 atom stereocenters. The molecule has 0 saturated heterocycles. The standard InChI is InChI=1S/C26H42O2/c1-8-11-12-20(9-2)19-28-23-18-22-24(27-16-15-26(22,6)7)17-21(23)13-14-25(4,5)10-3/h13-14,17-18,20H,8-12,15-16,19H2,1-7H3/b14-13+. The molecule has 0 bridgehead atoms. The molecule has 28 heavy (non-hydrogen) atoms. The van der Waals surface area contributed by atoms with Crippen molar-refractivity contribution in [2.24, 2.45) is 11.3 Å². The van der Waals surface area contributed by atoms with Crippen molar-refractivity contribution < 1.29 is 9.47 Å². The van der Waals surface area contributed by atoms with Crippen molar-refractivity contribution in [3.05, 3.63) is 29.3 Å². The summed E-state index contributed by atoms with van der Waals surface area (Å²) in [6.07, 6.45) is 11.7. The molecular formula is C26H42O2. The summed E-state index contributed by atoms with van der Waals surface area (Å²) in [6, 6.07) is 4.44. The van der Waals surface area contributed by atoms with E-state index in [1.807, 2.05) is 0 Å². The minimum atomic E-state index is 0.128. The third-order valence-corrected chi connectivity index (χ3v) is 6.47. The summed E-state index contributed by atoms with van der Waals surface area (Å²) in [7, 11) is 0. The zero-order valence-corrected chi connectivity index (χ0v) is 19.4. The topological polar surface area (TPSA) is 18.5 Å². The number of hydrogen-bond donors (Lipinski definition) is 0. The van der Waals surface area contributed by atoms with Gasteiger partial charge in [0.15, 0.2) is 0 Å². The van der Waals surface area contributed by atoms with Crippen molar-refractivity contribution in [1.82, 2.24) is 0 Å². The Morgan fingerprint density at radius 3 is 2.61 bits per heavy atom. The number of hydrogen-bond acceptors (Lipinski definition) is 2. The Kier molecular flexibility index (Phi) is 8.04. The predicted molar refractivity (Wildman–Crippen MR) is 121 cm³/mol. The monoisotopic (exact) mass is 386 g/mol. The van der Waals surface area contributed by atoms with Crippen molar-refractivity contribution in [2.45, 2.75) is 92.4 Å². The lowest BCUT2D eigenvalue weighted by atomic mass is 9.79. The molecule has 1 heterocycles. The van der Waals surface area contributed by atoms with Gasteiger partial charge in [-0.3, -0.25) is 0 Å². The van der Waals surface area contributed by atoms with Gasteiger partial charge in [-0.05, 0) is 48.1 Å². The Morgan fingerprint density at radius 2 is 1.96 bits per heavy atom. The summed E-state index contributed by atoms with van der Waals surface area (Å²) < 4.78 is 12.5. The van der Waals surface area contributed by atoms with E-state index >= 15 is 0 Å². The molecule has 2 heteroatoms. The third-order valence-electron chi connectivity index (χ3n) is 6.47. The van der Waals surface area contributed by atoms with Crippen LogP contribution in [-0.4, -0.2) is 13.2 Å². The lowest BCUT2D eigenvalue weighted by Gasteiger charge is -2.33. The third kappa shape index (κ3) is 6.03. The Balaban J connectivity index is 2.33. The van der Waals surface area contributed by atoms with E-state index in [2.05, 4.69) is 72.8 Å². The Hall–Kier alpha value is -1.44. The molecule has 2 nitrogen and oxygen atoms in total. The SMILES string of the molecule is CCCCC(CC)COc1cc2c(cc1/C=C/C(C)(C)CC)OCCC2(C)C. The van der Waals surface area contributed by atoms with Crippen molar-refractivity contribution in [3.63, 3.8) is 0 Å². The molecule has 0 aromatic heterocycles. The molecule has 0 saturated carbocycles. The molecule has 0 N–H and O–H groups in total. The summed E-state index contributed by atoms with van der Waals surface area (Å²) in [6.45, 7) is 17.5. The normalized spacial score (nSPS) is 17.2. The molecule has 0 fully saturated rings. The Bertz CT molecular complexity index is 655. The number of ether oxygens (including phenoxy) is 2. The van der Waals surface area contributed by atoms with Crippen LogP contribution < -0.4 is 9.47 Å². The summed E-state index contributed by atoms with van der Waals surface area (Å²) in [4.78, 5) is 0. The summed E-state index contributed by atoms with van der Waals surface area (Å²) in [5.74, 6) is 2.66. The highest BCUT2D eigenvalue weighted by atomic mass is 16.5. The Morgan fingerprint density at radius 1 is 1.21 bits per heavy atom. The zero-order valence-electron chi connectivity index (χ0n) is 19.4. The van der Waals surface area contributed by atoms with Gasteiger partial charge >= 0.3 is 0 Å². The van der Waals surface area contributed by atoms with Gasteiger partial charge in [0.2, 0.25) is 0 Å². The highest BCUT2D eigenvalue weighted by molar-refractivity contribution is 5.63. The first-order valence-corrected chi connectivity index (χ1v) is 11.4. The number of rotatable bonds is 10. The summed E-state index contributed by atoms with van der Waals surface area (Å²) in [5, 5.41) is 0. The molecular weight excluding hydrogens is 344 g/mol. The van der Waals surface area contributed by atoms with Gasteiger partial charge in [0.25, 0.3) is 0 Å². The fraction of sp³-hybridized carbons (Fsp3) is 0.692. The minimum Gasteiger partial charge on any atom is -0.493 e. The molecule has 0 spiro atoms. The van der Waals surface area contributed by atoms with E-state index in [0.29, 0.717) is 5.92 Å². The van der Waals surface area contributed by atoms with Gasteiger partial charge in [0, 0.05) is 11.1 Å². The molecule has 1 aromatic carbocycles. The zero-order chi connectivity index (χ0) is 20.8. The molecule has 0 aliphatic carbocycles. The van der Waals surface area contributed by atoms with Crippen LogP contribution in [0.25, 0.3) is 6.08 Å². The Labute approximate surface area is 173 Å². The maximum atomic E-state index is 6.44. The second kappa shape index (κ2) is 9.85. The van der Waals surface area contributed by atoms with Crippen LogP contribution in [0.5, 0.6) is 11.5 Å². The van der Waals surface area contributed by atoms with E-state index in [1.54, 1.807) is 0 Å². The quantitative estimate of drug-likeness (QED) is 0.408. The van der Waals surface area contributed by atoms with Crippen LogP contribution in [0.2, 0.25) is 0 Å². The van der Waals surface area contributed by atoms with Crippen LogP contribution in [0, 0.1) is 11.3 Å². The van der Waals surface area contributed by atoms with Crippen LogP contribution in [0.15, 0.2) is 18.2 Å². The summed E-state index contributed by atoms with van der Waals surface area (Å²) >= 11 is 0. The first-order valence-electron chi connectivity index (χ1n) is 11.4. The van der Waals surface area contributed by atoms with Crippen LogP contribution in [0.1, 0.15) is 98.1 Å². The van der Waals surface area contributed by atoms with E-state index < -0.39 is 0 Å². The first-order chi connectivity index (χ1) is 13.2. The van der Waals surface area contributed by atoms with Crippen LogP contribution >= 0.6 is 0 Å². The largest absolute Gasteiger partial charge is 0.493 e. The van der Waals surface area contributed by atoms with Gasteiger partial charge in [-0.25, -0.2) is 0 Å². The fourth-order valence-electron chi connectivity index (χ4n) is 3.57. The van der Waals surface area contributed by atoms with Gasteiger partial charge in [0.05, 0.1) is 13.2 Å². The van der Waals surface area contributed by atoms with E-state index in [9.17, 15) is 0 Å².